The molecule has 1 saturated heterocycles. The number of carbonyl (C=O) groups excluding carboxylic acids is 2. The second-order valence-electron chi connectivity index (χ2n) is 6.51. The third-order valence-electron chi connectivity index (χ3n) is 4.28. The number of thioether (sulfide) groups is 1. The van der Waals surface area contributed by atoms with Crippen LogP contribution in [0.4, 0.5) is 0 Å². The minimum absolute atomic E-state index is 0.0432. The average Bonchev–Trinajstić information content (AvgIpc) is 2.95. The predicted octanol–water partition coefficient (Wildman–Crippen LogP) is 5.22. The van der Waals surface area contributed by atoms with Gasteiger partial charge in [-0.05, 0) is 49.2 Å². The Morgan fingerprint density at radius 1 is 1.14 bits per heavy atom. The molecule has 2 aromatic carbocycles. The number of hydrogen-bond donors (Lipinski definition) is 0. The smallest absolute Gasteiger partial charge is 0.343 e. The lowest BCUT2D eigenvalue weighted by Gasteiger charge is -2.13. The zero-order valence-electron chi connectivity index (χ0n) is 15.8. The molecule has 1 aliphatic heterocycles. The van der Waals surface area contributed by atoms with Crippen LogP contribution < -0.4 is 4.74 Å². The fourth-order valence-electron chi connectivity index (χ4n) is 2.65. The Labute approximate surface area is 174 Å². The number of esters is 1. The van der Waals surface area contributed by atoms with Crippen molar-refractivity contribution in [3.05, 3.63) is 70.1 Å². The van der Waals surface area contributed by atoms with Gasteiger partial charge in [-0.15, -0.1) is 0 Å². The normalized spacial score (nSPS) is 15.4. The first-order chi connectivity index (χ1) is 13.5. The van der Waals surface area contributed by atoms with Crippen LogP contribution in [0, 0.1) is 6.92 Å². The number of unbranched alkanes of at least 4 members (excludes halogenated alkanes) is 1. The summed E-state index contributed by atoms with van der Waals surface area (Å²) in [6.45, 7) is 4.71. The molecular formula is C22H21NO3S2. The Balaban J connectivity index is 1.66. The van der Waals surface area contributed by atoms with Crippen molar-refractivity contribution in [3.8, 4) is 5.75 Å². The van der Waals surface area contributed by atoms with Gasteiger partial charge in [0.05, 0.1) is 10.5 Å². The maximum Gasteiger partial charge on any atom is 0.343 e. The molecule has 144 valence electrons. The van der Waals surface area contributed by atoms with Gasteiger partial charge in [0.1, 0.15) is 10.1 Å². The third kappa shape index (κ3) is 4.88. The van der Waals surface area contributed by atoms with E-state index in [1.165, 1.54) is 11.8 Å². The van der Waals surface area contributed by atoms with E-state index in [0.29, 0.717) is 27.1 Å². The predicted molar refractivity (Wildman–Crippen MR) is 117 cm³/mol. The van der Waals surface area contributed by atoms with Gasteiger partial charge in [-0.1, -0.05) is 67.2 Å². The van der Waals surface area contributed by atoms with E-state index in [0.717, 1.165) is 24.0 Å². The maximum absolute atomic E-state index is 12.5. The highest BCUT2D eigenvalue weighted by Gasteiger charge is 2.31. The molecule has 0 N–H and O–H groups in total. The van der Waals surface area contributed by atoms with Crippen molar-refractivity contribution in [1.82, 2.24) is 4.90 Å². The summed E-state index contributed by atoms with van der Waals surface area (Å²) in [6, 6.07) is 14.3. The molecule has 0 unspecified atom stereocenters. The van der Waals surface area contributed by atoms with Crippen molar-refractivity contribution in [2.24, 2.45) is 0 Å². The molecule has 0 spiro atoms. The minimum Gasteiger partial charge on any atom is -0.423 e. The monoisotopic (exact) mass is 411 g/mol. The van der Waals surface area contributed by atoms with E-state index < -0.39 is 5.97 Å². The van der Waals surface area contributed by atoms with Gasteiger partial charge in [0.25, 0.3) is 5.91 Å². The summed E-state index contributed by atoms with van der Waals surface area (Å²) in [5, 5.41) is 0. The van der Waals surface area contributed by atoms with Crippen LogP contribution in [0.15, 0.2) is 53.4 Å². The Bertz CT molecular complexity index is 918. The van der Waals surface area contributed by atoms with Crippen molar-refractivity contribution in [3.63, 3.8) is 0 Å². The number of ether oxygens (including phenoxy) is 1. The number of amides is 1. The standard InChI is InChI=1S/C22H21NO3S2/c1-3-4-13-23-20(24)19(28-22(23)27)14-16-7-11-18(12-8-16)26-21(25)17-9-5-15(2)6-10-17/h5-12,14H,3-4,13H2,1-2H3. The highest BCUT2D eigenvalue weighted by atomic mass is 32.2. The first kappa shape index (κ1) is 20.3. The molecule has 0 atom stereocenters. The average molecular weight is 412 g/mol. The minimum atomic E-state index is -0.399. The zero-order chi connectivity index (χ0) is 20.1. The van der Waals surface area contributed by atoms with E-state index >= 15 is 0 Å². The number of thiocarbonyl (C=S) groups is 1. The lowest BCUT2D eigenvalue weighted by molar-refractivity contribution is -0.122. The lowest BCUT2D eigenvalue weighted by Crippen LogP contribution is -2.28. The second-order valence-corrected chi connectivity index (χ2v) is 8.19. The van der Waals surface area contributed by atoms with Gasteiger partial charge in [-0.2, -0.15) is 0 Å². The Morgan fingerprint density at radius 2 is 1.82 bits per heavy atom. The van der Waals surface area contributed by atoms with Crippen LogP contribution in [0.25, 0.3) is 6.08 Å². The van der Waals surface area contributed by atoms with Crippen LogP contribution in [0.5, 0.6) is 5.75 Å². The van der Waals surface area contributed by atoms with Gasteiger partial charge < -0.3 is 4.74 Å². The largest absolute Gasteiger partial charge is 0.423 e. The van der Waals surface area contributed by atoms with Crippen LogP contribution in [-0.4, -0.2) is 27.6 Å². The fraction of sp³-hybridized carbons (Fsp3) is 0.227. The van der Waals surface area contributed by atoms with E-state index in [1.807, 2.05) is 37.3 Å². The zero-order valence-corrected chi connectivity index (χ0v) is 17.4. The van der Waals surface area contributed by atoms with Crippen LogP contribution in [-0.2, 0) is 4.79 Å². The molecular weight excluding hydrogens is 390 g/mol. The molecule has 28 heavy (non-hydrogen) atoms. The molecule has 4 nitrogen and oxygen atoms in total. The summed E-state index contributed by atoms with van der Waals surface area (Å²) >= 11 is 6.64. The van der Waals surface area contributed by atoms with Gasteiger partial charge in [0, 0.05) is 6.54 Å². The van der Waals surface area contributed by atoms with Crippen molar-refractivity contribution < 1.29 is 14.3 Å². The van der Waals surface area contributed by atoms with E-state index in [-0.39, 0.29) is 5.91 Å². The number of nitrogens with zero attached hydrogens (tertiary/aromatic N) is 1. The van der Waals surface area contributed by atoms with Crippen molar-refractivity contribution >= 4 is 46.3 Å². The Kier molecular flexibility index (Phi) is 6.65. The fourth-order valence-corrected chi connectivity index (χ4v) is 3.96. The molecule has 6 heteroatoms. The first-order valence-electron chi connectivity index (χ1n) is 9.12. The van der Waals surface area contributed by atoms with Gasteiger partial charge in [-0.3, -0.25) is 9.69 Å². The number of carbonyl (C=O) groups is 2. The van der Waals surface area contributed by atoms with Gasteiger partial charge >= 0.3 is 5.97 Å². The number of hydrogen-bond acceptors (Lipinski definition) is 5. The number of rotatable bonds is 6. The highest BCUT2D eigenvalue weighted by molar-refractivity contribution is 8.26. The van der Waals surface area contributed by atoms with Gasteiger partial charge in [-0.25, -0.2) is 4.79 Å². The summed E-state index contributed by atoms with van der Waals surface area (Å²) in [7, 11) is 0. The van der Waals surface area contributed by atoms with Crippen LogP contribution in [0.3, 0.4) is 0 Å². The van der Waals surface area contributed by atoms with Gasteiger partial charge in [0.15, 0.2) is 0 Å². The lowest BCUT2D eigenvalue weighted by atomic mass is 10.1. The molecule has 1 heterocycles. The van der Waals surface area contributed by atoms with E-state index in [9.17, 15) is 9.59 Å². The first-order valence-corrected chi connectivity index (χ1v) is 10.3. The van der Waals surface area contributed by atoms with Crippen molar-refractivity contribution in [2.45, 2.75) is 26.7 Å². The molecule has 0 aliphatic carbocycles. The highest BCUT2D eigenvalue weighted by Crippen LogP contribution is 2.33. The molecule has 0 bridgehead atoms. The Hall–Kier alpha value is -2.44. The van der Waals surface area contributed by atoms with Crippen LogP contribution in [0.1, 0.15) is 41.3 Å². The van der Waals surface area contributed by atoms with Crippen LogP contribution in [0.2, 0.25) is 0 Å². The van der Waals surface area contributed by atoms with Gasteiger partial charge in [0.2, 0.25) is 0 Å². The summed E-state index contributed by atoms with van der Waals surface area (Å²) in [4.78, 5) is 27.0. The summed E-state index contributed by atoms with van der Waals surface area (Å²) < 4.78 is 6.01. The molecule has 0 aromatic heterocycles. The topological polar surface area (TPSA) is 46.6 Å². The third-order valence-corrected chi connectivity index (χ3v) is 5.66. The quantitative estimate of drug-likeness (QED) is 0.282. The number of benzene rings is 2. The van der Waals surface area contributed by atoms with E-state index in [1.54, 1.807) is 29.2 Å². The van der Waals surface area contributed by atoms with Crippen molar-refractivity contribution in [1.29, 1.82) is 0 Å². The molecule has 1 fully saturated rings. The summed E-state index contributed by atoms with van der Waals surface area (Å²) in [5.41, 5.74) is 2.44. The van der Waals surface area contributed by atoms with E-state index in [2.05, 4.69) is 6.92 Å². The maximum atomic E-state index is 12.5. The number of aryl methyl sites for hydroxylation is 1. The molecule has 0 saturated carbocycles. The SMILES string of the molecule is CCCCN1C(=O)C(=Cc2ccc(OC(=O)c3ccc(C)cc3)cc2)SC1=S. The van der Waals surface area contributed by atoms with Crippen molar-refractivity contribution in [2.75, 3.05) is 6.54 Å². The summed E-state index contributed by atoms with van der Waals surface area (Å²) in [5.74, 6) is 0.0149. The van der Waals surface area contributed by atoms with E-state index in [4.69, 9.17) is 17.0 Å². The summed E-state index contributed by atoms with van der Waals surface area (Å²) in [6.07, 6.45) is 3.76. The van der Waals surface area contributed by atoms with Crippen LogP contribution >= 0.6 is 24.0 Å². The molecule has 2 aromatic rings. The molecule has 1 aliphatic rings. The Morgan fingerprint density at radius 3 is 2.46 bits per heavy atom. The molecule has 1 amide bonds. The second kappa shape index (κ2) is 9.17. The molecule has 3 rings (SSSR count). The molecule has 0 radical (unpaired) electrons.